The van der Waals surface area contributed by atoms with E-state index in [1.54, 1.807) is 11.9 Å². The molecule has 1 fully saturated rings. The number of hydrogen-bond donors (Lipinski definition) is 2. The summed E-state index contributed by atoms with van der Waals surface area (Å²) in [6, 6.07) is -0.361. The molecule has 1 aliphatic heterocycles. The quantitative estimate of drug-likeness (QED) is 0.726. The minimum Gasteiger partial charge on any atom is -0.357 e. The summed E-state index contributed by atoms with van der Waals surface area (Å²) in [4.78, 5) is 25.7. The van der Waals surface area contributed by atoms with Gasteiger partial charge in [0.2, 0.25) is 11.8 Å². The van der Waals surface area contributed by atoms with Gasteiger partial charge in [0.05, 0.1) is 0 Å². The molecule has 0 aromatic heterocycles. The molecule has 0 aromatic rings. The van der Waals surface area contributed by atoms with Crippen LogP contribution in [0, 0.1) is 5.92 Å². The Labute approximate surface area is 103 Å². The van der Waals surface area contributed by atoms with Crippen LogP contribution in [0.4, 0.5) is 0 Å². The van der Waals surface area contributed by atoms with Crippen LogP contribution in [0.15, 0.2) is 0 Å². The van der Waals surface area contributed by atoms with Gasteiger partial charge in [0, 0.05) is 32.6 Å². The number of carbonyl (C=O) groups excluding carboxylic acids is 2. The summed E-state index contributed by atoms with van der Waals surface area (Å²) in [7, 11) is 1.61. The molecule has 0 bridgehead atoms. The second-order valence-electron chi connectivity index (χ2n) is 4.56. The number of carbonyl (C=O) groups is 2. The zero-order valence-corrected chi connectivity index (χ0v) is 11.0. The normalized spacial score (nSPS) is 22.1. The molecule has 0 aliphatic carbocycles. The predicted octanol–water partition coefficient (Wildman–Crippen LogP) is -0.0310. The van der Waals surface area contributed by atoms with Crippen LogP contribution >= 0.6 is 0 Å². The maximum absolute atomic E-state index is 12.2. The first-order valence-electron chi connectivity index (χ1n) is 6.34. The van der Waals surface area contributed by atoms with Crippen molar-refractivity contribution in [1.29, 1.82) is 0 Å². The van der Waals surface area contributed by atoms with Gasteiger partial charge in [0.1, 0.15) is 6.04 Å². The minimum absolute atomic E-state index is 0.00487. The Morgan fingerprint density at radius 1 is 1.53 bits per heavy atom. The van der Waals surface area contributed by atoms with E-state index in [9.17, 15) is 9.59 Å². The van der Waals surface area contributed by atoms with Crippen molar-refractivity contribution in [2.24, 2.45) is 5.92 Å². The molecule has 5 heteroatoms. The third-order valence-electron chi connectivity index (χ3n) is 3.22. The highest BCUT2D eigenvalue weighted by Crippen LogP contribution is 2.13. The fraction of sp³-hybridized carbons (Fsp3) is 0.833. The Hall–Kier alpha value is -1.10. The molecule has 0 spiro atoms. The van der Waals surface area contributed by atoms with E-state index >= 15 is 0 Å². The van der Waals surface area contributed by atoms with Crippen molar-refractivity contribution in [3.8, 4) is 0 Å². The number of nitrogens with one attached hydrogen (secondary N) is 2. The van der Waals surface area contributed by atoms with Gasteiger partial charge < -0.3 is 15.5 Å². The number of amides is 2. The van der Waals surface area contributed by atoms with Crippen molar-refractivity contribution in [3.63, 3.8) is 0 Å². The van der Waals surface area contributed by atoms with Gasteiger partial charge in [0.25, 0.3) is 0 Å². The molecule has 1 rings (SSSR count). The lowest BCUT2D eigenvalue weighted by Gasteiger charge is -2.36. The summed E-state index contributed by atoms with van der Waals surface area (Å²) < 4.78 is 0. The SMILES string of the molecule is CCCC(C)C(=O)N1CCNCC1C(=O)NC. The number of nitrogens with zero attached hydrogens (tertiary/aromatic N) is 1. The Morgan fingerprint density at radius 3 is 2.82 bits per heavy atom. The Kier molecular flexibility index (Phi) is 5.41. The molecule has 17 heavy (non-hydrogen) atoms. The molecular weight excluding hydrogens is 218 g/mol. The second-order valence-corrected chi connectivity index (χ2v) is 4.56. The summed E-state index contributed by atoms with van der Waals surface area (Å²) in [5.74, 6) is 0.0152. The molecule has 2 N–H and O–H groups in total. The molecule has 0 saturated carbocycles. The van der Waals surface area contributed by atoms with Gasteiger partial charge in [-0.05, 0) is 6.42 Å². The van der Waals surface area contributed by atoms with Crippen molar-refractivity contribution in [2.45, 2.75) is 32.7 Å². The first-order valence-corrected chi connectivity index (χ1v) is 6.34. The fourth-order valence-corrected chi connectivity index (χ4v) is 2.21. The second kappa shape index (κ2) is 6.59. The van der Waals surface area contributed by atoms with Crippen molar-refractivity contribution < 1.29 is 9.59 Å². The largest absolute Gasteiger partial charge is 0.357 e. The number of rotatable bonds is 4. The molecule has 0 aromatic carbocycles. The topological polar surface area (TPSA) is 61.4 Å². The lowest BCUT2D eigenvalue weighted by atomic mass is 10.0. The van der Waals surface area contributed by atoms with Crippen molar-refractivity contribution in [3.05, 3.63) is 0 Å². The fourth-order valence-electron chi connectivity index (χ4n) is 2.21. The molecule has 2 atom stereocenters. The third-order valence-corrected chi connectivity index (χ3v) is 3.22. The molecule has 1 saturated heterocycles. The highest BCUT2D eigenvalue weighted by molar-refractivity contribution is 5.88. The average Bonchev–Trinajstić information content (AvgIpc) is 2.37. The maximum Gasteiger partial charge on any atom is 0.243 e. The standard InChI is InChI=1S/C12H23N3O2/c1-4-5-9(2)12(17)15-7-6-14-8-10(15)11(16)13-3/h9-10,14H,4-8H2,1-3H3,(H,13,16). The van der Waals surface area contributed by atoms with Gasteiger partial charge in [-0.1, -0.05) is 20.3 Å². The summed E-state index contributed by atoms with van der Waals surface area (Å²) in [6.45, 7) is 5.93. The number of likely N-dealkylation sites (N-methyl/N-ethyl adjacent to an activating group) is 1. The highest BCUT2D eigenvalue weighted by Gasteiger charge is 2.33. The zero-order valence-electron chi connectivity index (χ0n) is 11.0. The zero-order chi connectivity index (χ0) is 12.8. The first kappa shape index (κ1) is 14.0. The van der Waals surface area contributed by atoms with Crippen LogP contribution < -0.4 is 10.6 Å². The first-order chi connectivity index (χ1) is 8.11. The lowest BCUT2D eigenvalue weighted by molar-refractivity contribution is -0.144. The highest BCUT2D eigenvalue weighted by atomic mass is 16.2. The molecule has 2 amide bonds. The van der Waals surface area contributed by atoms with E-state index in [0.29, 0.717) is 13.1 Å². The summed E-state index contributed by atoms with van der Waals surface area (Å²) in [5.41, 5.74) is 0. The van der Waals surface area contributed by atoms with E-state index in [4.69, 9.17) is 0 Å². The van der Waals surface area contributed by atoms with Gasteiger partial charge in [-0.2, -0.15) is 0 Å². The van der Waals surface area contributed by atoms with Crippen LogP contribution in [0.1, 0.15) is 26.7 Å². The smallest absolute Gasteiger partial charge is 0.243 e. The van der Waals surface area contributed by atoms with Crippen molar-refractivity contribution >= 4 is 11.8 Å². The third kappa shape index (κ3) is 3.43. The molecule has 2 unspecified atom stereocenters. The van der Waals surface area contributed by atoms with Crippen LogP contribution in [-0.2, 0) is 9.59 Å². The van der Waals surface area contributed by atoms with E-state index in [2.05, 4.69) is 17.6 Å². The monoisotopic (exact) mass is 241 g/mol. The van der Waals surface area contributed by atoms with Crippen LogP contribution in [0.3, 0.4) is 0 Å². The molecule has 1 aliphatic rings. The van der Waals surface area contributed by atoms with Crippen LogP contribution in [0.5, 0.6) is 0 Å². The van der Waals surface area contributed by atoms with Crippen molar-refractivity contribution in [1.82, 2.24) is 15.5 Å². The number of piperazine rings is 1. The van der Waals surface area contributed by atoms with Gasteiger partial charge in [-0.25, -0.2) is 0 Å². The van der Waals surface area contributed by atoms with E-state index in [0.717, 1.165) is 19.4 Å². The number of hydrogen-bond acceptors (Lipinski definition) is 3. The summed E-state index contributed by atoms with van der Waals surface area (Å²) in [6.07, 6.45) is 1.87. The van der Waals surface area contributed by atoms with Crippen LogP contribution in [-0.4, -0.2) is 49.4 Å². The molecule has 0 radical (unpaired) electrons. The molecule has 98 valence electrons. The Bertz CT molecular complexity index is 281. The minimum atomic E-state index is -0.361. The van der Waals surface area contributed by atoms with E-state index in [1.165, 1.54) is 0 Å². The summed E-state index contributed by atoms with van der Waals surface area (Å²) in [5, 5.41) is 5.77. The van der Waals surface area contributed by atoms with Gasteiger partial charge in [0.15, 0.2) is 0 Å². The Morgan fingerprint density at radius 2 is 2.24 bits per heavy atom. The van der Waals surface area contributed by atoms with Gasteiger partial charge in [-0.15, -0.1) is 0 Å². The van der Waals surface area contributed by atoms with Gasteiger partial charge in [-0.3, -0.25) is 9.59 Å². The maximum atomic E-state index is 12.2. The molecule has 5 nitrogen and oxygen atoms in total. The van der Waals surface area contributed by atoms with Crippen LogP contribution in [0.2, 0.25) is 0 Å². The van der Waals surface area contributed by atoms with E-state index in [1.807, 2.05) is 6.92 Å². The Balaban J connectivity index is 2.70. The molecular formula is C12H23N3O2. The average molecular weight is 241 g/mol. The van der Waals surface area contributed by atoms with Crippen LogP contribution in [0.25, 0.3) is 0 Å². The van der Waals surface area contributed by atoms with Crippen molar-refractivity contribution in [2.75, 3.05) is 26.7 Å². The lowest BCUT2D eigenvalue weighted by Crippen LogP contribution is -2.60. The van der Waals surface area contributed by atoms with E-state index in [-0.39, 0.29) is 23.8 Å². The van der Waals surface area contributed by atoms with E-state index < -0.39 is 0 Å². The predicted molar refractivity (Wildman–Crippen MR) is 66.5 cm³/mol. The van der Waals surface area contributed by atoms with Gasteiger partial charge >= 0.3 is 0 Å². The molecule has 1 heterocycles. The summed E-state index contributed by atoms with van der Waals surface area (Å²) >= 11 is 0.